The van der Waals surface area contributed by atoms with Crippen LogP contribution in [0.3, 0.4) is 0 Å². The third-order valence-corrected chi connectivity index (χ3v) is 5.83. The molecule has 0 saturated heterocycles. The van der Waals surface area contributed by atoms with Crippen molar-refractivity contribution < 1.29 is 19.1 Å². The lowest BCUT2D eigenvalue weighted by molar-refractivity contribution is -0.113. The minimum absolute atomic E-state index is 0.167. The molecule has 1 aromatic heterocycles. The summed E-state index contributed by atoms with van der Waals surface area (Å²) in [7, 11) is 1.33. The number of aromatic nitrogens is 3. The van der Waals surface area contributed by atoms with Crippen LogP contribution < -0.4 is 15.0 Å². The maximum Gasteiger partial charge on any atom is 0.337 e. The molecule has 3 aromatic rings. The van der Waals surface area contributed by atoms with Gasteiger partial charge in [0.15, 0.2) is 5.16 Å². The molecule has 1 N–H and O–H groups in total. The number of carbonyl (C=O) groups excluding carboxylic acids is 2. The fourth-order valence-corrected chi connectivity index (χ4v) is 4.11. The monoisotopic (exact) mass is 453 g/mol. The fraction of sp³-hybridized carbons (Fsp3) is 0.273. The van der Waals surface area contributed by atoms with Crippen molar-refractivity contribution in [1.29, 1.82) is 0 Å². The van der Waals surface area contributed by atoms with E-state index in [4.69, 9.17) is 4.74 Å². The van der Waals surface area contributed by atoms with Crippen LogP contribution in [0, 0.1) is 0 Å². The molecular weight excluding hydrogens is 430 g/mol. The molecule has 1 amide bonds. The van der Waals surface area contributed by atoms with Crippen LogP contribution in [0.25, 0.3) is 0 Å². The Hall–Kier alpha value is -3.53. The third kappa shape index (κ3) is 4.70. The molecule has 0 saturated carbocycles. The van der Waals surface area contributed by atoms with Gasteiger partial charge in [-0.2, -0.15) is 0 Å². The van der Waals surface area contributed by atoms with Crippen molar-refractivity contribution in [2.24, 2.45) is 0 Å². The first kappa shape index (κ1) is 21.7. The second-order valence-electron chi connectivity index (χ2n) is 6.92. The van der Waals surface area contributed by atoms with Crippen LogP contribution in [0.2, 0.25) is 0 Å². The van der Waals surface area contributed by atoms with E-state index in [0.29, 0.717) is 23.0 Å². The molecule has 166 valence electrons. The molecule has 9 nitrogen and oxygen atoms in total. The standard InChI is InChI=1S/C22H23N5O4S/c1-3-31-18-10-8-17(9-11-18)26-12-13-27-21(26)24-25-22(27)32-14-19(28)23-16-6-4-15(5-7-16)20(29)30-2/h4-11H,3,12-14H2,1-2H3,(H,23,28). The van der Waals surface area contributed by atoms with Gasteiger partial charge in [0.1, 0.15) is 5.75 Å². The van der Waals surface area contributed by atoms with E-state index in [-0.39, 0.29) is 11.7 Å². The number of fused-ring (bicyclic) bond motifs is 1. The Labute approximate surface area is 189 Å². The molecule has 0 radical (unpaired) electrons. The van der Waals surface area contributed by atoms with Gasteiger partial charge in [-0.25, -0.2) is 4.79 Å². The van der Waals surface area contributed by atoms with Gasteiger partial charge in [-0.05, 0) is 55.5 Å². The molecule has 0 atom stereocenters. The van der Waals surface area contributed by atoms with E-state index in [1.165, 1.54) is 18.9 Å². The number of methoxy groups -OCH3 is 1. The smallest absolute Gasteiger partial charge is 0.337 e. The molecule has 32 heavy (non-hydrogen) atoms. The maximum absolute atomic E-state index is 12.4. The highest BCUT2D eigenvalue weighted by molar-refractivity contribution is 7.99. The van der Waals surface area contributed by atoms with Crippen molar-refractivity contribution in [1.82, 2.24) is 14.8 Å². The lowest BCUT2D eigenvalue weighted by Gasteiger charge is -2.15. The van der Waals surface area contributed by atoms with Gasteiger partial charge in [0, 0.05) is 24.5 Å². The molecule has 2 aromatic carbocycles. The maximum atomic E-state index is 12.4. The number of nitrogens with one attached hydrogen (secondary N) is 1. The van der Waals surface area contributed by atoms with Gasteiger partial charge in [0.25, 0.3) is 0 Å². The summed E-state index contributed by atoms with van der Waals surface area (Å²) in [6, 6.07) is 14.4. The zero-order valence-corrected chi connectivity index (χ0v) is 18.6. The summed E-state index contributed by atoms with van der Waals surface area (Å²) in [5, 5.41) is 12.1. The Morgan fingerprint density at radius 3 is 2.50 bits per heavy atom. The normalized spacial score (nSPS) is 12.4. The topological polar surface area (TPSA) is 98.6 Å². The van der Waals surface area contributed by atoms with Gasteiger partial charge in [0.05, 0.1) is 25.0 Å². The summed E-state index contributed by atoms with van der Waals surface area (Å²) >= 11 is 1.33. The van der Waals surface area contributed by atoms with Gasteiger partial charge >= 0.3 is 5.97 Å². The number of carbonyl (C=O) groups is 2. The largest absolute Gasteiger partial charge is 0.494 e. The van der Waals surface area contributed by atoms with Crippen molar-refractivity contribution >= 4 is 41.0 Å². The fourth-order valence-electron chi connectivity index (χ4n) is 3.35. The SMILES string of the molecule is CCOc1ccc(N2CCn3c(SCC(=O)Nc4ccc(C(=O)OC)cc4)nnc32)cc1. The first-order chi connectivity index (χ1) is 15.6. The van der Waals surface area contributed by atoms with E-state index in [2.05, 4.69) is 25.2 Å². The van der Waals surface area contributed by atoms with E-state index in [1.807, 2.05) is 35.8 Å². The summed E-state index contributed by atoms with van der Waals surface area (Å²) in [5.41, 5.74) is 2.05. The second kappa shape index (κ2) is 9.73. The highest BCUT2D eigenvalue weighted by Gasteiger charge is 2.26. The number of ether oxygens (including phenoxy) is 2. The predicted molar refractivity (Wildman–Crippen MR) is 122 cm³/mol. The number of anilines is 3. The highest BCUT2D eigenvalue weighted by atomic mass is 32.2. The van der Waals surface area contributed by atoms with E-state index < -0.39 is 5.97 Å². The van der Waals surface area contributed by atoms with Crippen molar-refractivity contribution in [2.75, 3.05) is 36.2 Å². The number of nitrogens with zero attached hydrogens (tertiary/aromatic N) is 4. The van der Waals surface area contributed by atoms with Crippen LogP contribution in [-0.2, 0) is 16.1 Å². The van der Waals surface area contributed by atoms with Crippen molar-refractivity contribution in [3.05, 3.63) is 54.1 Å². The Bertz CT molecular complexity index is 1100. The van der Waals surface area contributed by atoms with Gasteiger partial charge in [0.2, 0.25) is 11.9 Å². The molecule has 1 aliphatic heterocycles. The van der Waals surface area contributed by atoms with Crippen molar-refractivity contribution in [3.63, 3.8) is 0 Å². The van der Waals surface area contributed by atoms with Crippen LogP contribution in [0.15, 0.2) is 53.7 Å². The number of esters is 1. The van der Waals surface area contributed by atoms with Gasteiger partial charge in [-0.3, -0.25) is 9.36 Å². The third-order valence-electron chi connectivity index (χ3n) is 4.87. The number of thioether (sulfide) groups is 1. The summed E-state index contributed by atoms with van der Waals surface area (Å²) < 4.78 is 12.2. The van der Waals surface area contributed by atoms with Crippen LogP contribution in [0.5, 0.6) is 5.75 Å². The Morgan fingerprint density at radius 1 is 1.06 bits per heavy atom. The Balaban J connectivity index is 1.35. The highest BCUT2D eigenvalue weighted by Crippen LogP contribution is 2.32. The molecule has 0 aliphatic carbocycles. The first-order valence-electron chi connectivity index (χ1n) is 10.1. The predicted octanol–water partition coefficient (Wildman–Crippen LogP) is 3.35. The quantitative estimate of drug-likeness (QED) is 0.410. The molecule has 0 fully saturated rings. The summed E-state index contributed by atoms with van der Waals surface area (Å²) in [6.07, 6.45) is 0. The average Bonchev–Trinajstić information content (AvgIpc) is 3.41. The summed E-state index contributed by atoms with van der Waals surface area (Å²) in [5.74, 6) is 1.20. The van der Waals surface area contributed by atoms with Crippen molar-refractivity contribution in [2.45, 2.75) is 18.6 Å². The zero-order valence-electron chi connectivity index (χ0n) is 17.8. The van der Waals surface area contributed by atoms with Crippen LogP contribution in [-0.4, -0.2) is 52.7 Å². The molecule has 2 heterocycles. The molecule has 1 aliphatic rings. The van der Waals surface area contributed by atoms with Crippen molar-refractivity contribution in [3.8, 4) is 5.75 Å². The van der Waals surface area contributed by atoms with E-state index in [9.17, 15) is 9.59 Å². The minimum Gasteiger partial charge on any atom is -0.494 e. The Kier molecular flexibility index (Phi) is 6.60. The summed E-state index contributed by atoms with van der Waals surface area (Å²) in [4.78, 5) is 25.9. The number of hydrogen-bond donors (Lipinski definition) is 1. The molecular formula is C22H23N5O4S. The minimum atomic E-state index is -0.418. The number of benzene rings is 2. The second-order valence-corrected chi connectivity index (χ2v) is 7.86. The number of rotatable bonds is 8. The van der Waals surface area contributed by atoms with Crippen LogP contribution >= 0.6 is 11.8 Å². The Morgan fingerprint density at radius 2 is 1.81 bits per heavy atom. The van der Waals surface area contributed by atoms with E-state index in [1.54, 1.807) is 24.3 Å². The van der Waals surface area contributed by atoms with Crippen LogP contribution in [0.1, 0.15) is 17.3 Å². The molecule has 0 spiro atoms. The van der Waals surface area contributed by atoms with Gasteiger partial charge in [-0.1, -0.05) is 11.8 Å². The van der Waals surface area contributed by atoms with E-state index in [0.717, 1.165) is 30.5 Å². The zero-order chi connectivity index (χ0) is 22.5. The average molecular weight is 454 g/mol. The number of hydrogen-bond acceptors (Lipinski definition) is 8. The first-order valence-corrected chi connectivity index (χ1v) is 11.1. The number of amides is 1. The van der Waals surface area contributed by atoms with Gasteiger partial charge < -0.3 is 19.7 Å². The molecule has 4 rings (SSSR count). The molecule has 0 bridgehead atoms. The lowest BCUT2D eigenvalue weighted by Crippen LogP contribution is -2.15. The molecule has 0 unspecified atom stereocenters. The summed E-state index contributed by atoms with van der Waals surface area (Å²) in [6.45, 7) is 4.11. The van der Waals surface area contributed by atoms with Crippen LogP contribution in [0.4, 0.5) is 17.3 Å². The van der Waals surface area contributed by atoms with E-state index >= 15 is 0 Å². The lowest BCUT2D eigenvalue weighted by atomic mass is 10.2. The molecule has 10 heteroatoms. The van der Waals surface area contributed by atoms with Gasteiger partial charge in [-0.15, -0.1) is 10.2 Å².